The second-order valence-electron chi connectivity index (χ2n) is 6.80. The van der Waals surface area contributed by atoms with Crippen molar-refractivity contribution in [3.63, 3.8) is 0 Å². The molecule has 2 fully saturated rings. The number of piperidine rings is 1. The number of likely N-dealkylation sites (tertiary alicyclic amines) is 1. The van der Waals surface area contributed by atoms with Gasteiger partial charge in [-0.2, -0.15) is 0 Å². The SMILES string of the molecule is O=C([C@@H]1CCOC1)N1CCC(CCOCc2ccc(F)cc2)CC1. The molecule has 1 atom stereocenters. The van der Waals surface area contributed by atoms with Crippen molar-refractivity contribution in [1.29, 1.82) is 0 Å². The summed E-state index contributed by atoms with van der Waals surface area (Å²) in [5.41, 5.74) is 0.996. The van der Waals surface area contributed by atoms with Crippen molar-refractivity contribution in [2.24, 2.45) is 11.8 Å². The van der Waals surface area contributed by atoms with Gasteiger partial charge in [-0.15, -0.1) is 0 Å². The van der Waals surface area contributed by atoms with E-state index in [0.29, 0.717) is 25.7 Å². The van der Waals surface area contributed by atoms with Crippen LogP contribution in [0.1, 0.15) is 31.2 Å². The minimum Gasteiger partial charge on any atom is -0.381 e. The standard InChI is InChI=1S/C19H26FNO3/c20-18-3-1-16(2-4-18)13-23-11-7-15-5-9-21(10-6-15)19(22)17-8-12-24-14-17/h1-4,15,17H,5-14H2/t17-/m1/s1. The van der Waals surface area contributed by atoms with Crippen LogP contribution in [-0.2, 0) is 20.9 Å². The Morgan fingerprint density at radius 1 is 1.21 bits per heavy atom. The predicted molar refractivity (Wildman–Crippen MR) is 88.9 cm³/mol. The van der Waals surface area contributed by atoms with E-state index < -0.39 is 0 Å². The number of rotatable bonds is 6. The van der Waals surface area contributed by atoms with E-state index in [9.17, 15) is 9.18 Å². The Balaban J connectivity index is 1.31. The summed E-state index contributed by atoms with van der Waals surface area (Å²) in [4.78, 5) is 14.4. The van der Waals surface area contributed by atoms with Gasteiger partial charge in [0.25, 0.3) is 0 Å². The van der Waals surface area contributed by atoms with Gasteiger partial charge in [0.15, 0.2) is 0 Å². The monoisotopic (exact) mass is 335 g/mol. The van der Waals surface area contributed by atoms with Gasteiger partial charge in [0.05, 0.1) is 19.1 Å². The molecule has 2 heterocycles. The summed E-state index contributed by atoms with van der Waals surface area (Å²) in [5.74, 6) is 0.769. The molecule has 0 N–H and O–H groups in total. The van der Waals surface area contributed by atoms with Gasteiger partial charge < -0.3 is 14.4 Å². The maximum absolute atomic E-state index is 12.8. The first-order chi connectivity index (χ1) is 11.7. The lowest BCUT2D eigenvalue weighted by atomic mass is 9.93. The minimum atomic E-state index is -0.218. The Morgan fingerprint density at radius 2 is 1.96 bits per heavy atom. The van der Waals surface area contributed by atoms with Crippen LogP contribution in [0.25, 0.3) is 0 Å². The van der Waals surface area contributed by atoms with Crippen LogP contribution in [0.2, 0.25) is 0 Å². The maximum Gasteiger partial charge on any atom is 0.228 e. The van der Waals surface area contributed by atoms with Gasteiger partial charge in [-0.05, 0) is 49.3 Å². The average molecular weight is 335 g/mol. The van der Waals surface area contributed by atoms with Gasteiger partial charge in [0, 0.05) is 26.3 Å². The molecule has 132 valence electrons. The lowest BCUT2D eigenvalue weighted by Crippen LogP contribution is -2.42. The third-order valence-corrected chi connectivity index (χ3v) is 5.06. The quantitative estimate of drug-likeness (QED) is 0.750. The van der Waals surface area contributed by atoms with E-state index in [1.54, 1.807) is 12.1 Å². The van der Waals surface area contributed by atoms with Crippen molar-refractivity contribution >= 4 is 5.91 Å². The molecule has 5 heteroatoms. The highest BCUT2D eigenvalue weighted by Gasteiger charge is 2.30. The molecule has 0 unspecified atom stereocenters. The molecule has 0 aromatic heterocycles. The zero-order valence-electron chi connectivity index (χ0n) is 14.1. The Kier molecular flexibility index (Phi) is 6.21. The minimum absolute atomic E-state index is 0.0839. The summed E-state index contributed by atoms with van der Waals surface area (Å²) in [6.07, 6.45) is 4.00. The second-order valence-corrected chi connectivity index (χ2v) is 6.80. The fraction of sp³-hybridized carbons (Fsp3) is 0.632. The van der Waals surface area contributed by atoms with Crippen LogP contribution in [0.4, 0.5) is 4.39 Å². The van der Waals surface area contributed by atoms with E-state index >= 15 is 0 Å². The summed E-state index contributed by atoms with van der Waals surface area (Å²) in [5, 5.41) is 0. The van der Waals surface area contributed by atoms with Crippen LogP contribution in [0.15, 0.2) is 24.3 Å². The molecular formula is C19H26FNO3. The highest BCUT2D eigenvalue weighted by atomic mass is 19.1. The summed E-state index contributed by atoms with van der Waals surface area (Å²) in [6.45, 7) is 4.27. The molecular weight excluding hydrogens is 309 g/mol. The van der Waals surface area contributed by atoms with Crippen LogP contribution in [-0.4, -0.2) is 43.7 Å². The van der Waals surface area contributed by atoms with Crippen molar-refractivity contribution < 1.29 is 18.7 Å². The van der Waals surface area contributed by atoms with Gasteiger partial charge in [-0.25, -0.2) is 4.39 Å². The summed E-state index contributed by atoms with van der Waals surface area (Å²) in [7, 11) is 0. The molecule has 2 aliphatic rings. The topological polar surface area (TPSA) is 38.8 Å². The Morgan fingerprint density at radius 3 is 2.62 bits per heavy atom. The van der Waals surface area contributed by atoms with Crippen LogP contribution in [0, 0.1) is 17.7 Å². The molecule has 3 rings (SSSR count). The van der Waals surface area contributed by atoms with E-state index in [0.717, 1.165) is 50.9 Å². The molecule has 0 aliphatic carbocycles. The van der Waals surface area contributed by atoms with Crippen molar-refractivity contribution in [2.45, 2.75) is 32.3 Å². The fourth-order valence-corrected chi connectivity index (χ4v) is 3.45. The predicted octanol–water partition coefficient (Wildman–Crippen LogP) is 3.01. The lowest BCUT2D eigenvalue weighted by Gasteiger charge is -2.33. The van der Waals surface area contributed by atoms with Crippen molar-refractivity contribution in [2.75, 3.05) is 32.9 Å². The highest BCUT2D eigenvalue weighted by molar-refractivity contribution is 5.79. The van der Waals surface area contributed by atoms with Gasteiger partial charge in [0.2, 0.25) is 5.91 Å². The molecule has 0 saturated carbocycles. The normalized spacial score (nSPS) is 22.0. The molecule has 0 radical (unpaired) electrons. The fourth-order valence-electron chi connectivity index (χ4n) is 3.45. The molecule has 0 spiro atoms. The van der Waals surface area contributed by atoms with E-state index in [1.165, 1.54) is 12.1 Å². The summed E-state index contributed by atoms with van der Waals surface area (Å²) >= 11 is 0. The maximum atomic E-state index is 12.8. The second kappa shape index (κ2) is 8.58. The number of halogens is 1. The van der Waals surface area contributed by atoms with Crippen molar-refractivity contribution in [1.82, 2.24) is 4.90 Å². The van der Waals surface area contributed by atoms with Crippen LogP contribution < -0.4 is 0 Å². The number of ether oxygens (including phenoxy) is 2. The summed E-state index contributed by atoms with van der Waals surface area (Å²) < 4.78 is 23.8. The number of hydrogen-bond donors (Lipinski definition) is 0. The number of benzene rings is 1. The Bertz CT molecular complexity index is 520. The van der Waals surface area contributed by atoms with E-state index in [1.807, 2.05) is 4.90 Å². The van der Waals surface area contributed by atoms with Crippen molar-refractivity contribution in [3.05, 3.63) is 35.6 Å². The van der Waals surface area contributed by atoms with Gasteiger partial charge in [0.1, 0.15) is 5.82 Å². The number of carbonyl (C=O) groups excluding carboxylic acids is 1. The molecule has 4 nitrogen and oxygen atoms in total. The number of nitrogens with zero attached hydrogens (tertiary/aromatic N) is 1. The zero-order valence-corrected chi connectivity index (χ0v) is 14.1. The van der Waals surface area contributed by atoms with Crippen LogP contribution in [0.5, 0.6) is 0 Å². The van der Waals surface area contributed by atoms with E-state index in [-0.39, 0.29) is 17.6 Å². The first-order valence-electron chi connectivity index (χ1n) is 8.91. The molecule has 0 bridgehead atoms. The largest absolute Gasteiger partial charge is 0.381 e. The number of carbonyl (C=O) groups is 1. The first kappa shape index (κ1) is 17.4. The molecule has 2 aliphatic heterocycles. The molecule has 2 saturated heterocycles. The van der Waals surface area contributed by atoms with Gasteiger partial charge in [-0.1, -0.05) is 12.1 Å². The average Bonchev–Trinajstić information content (AvgIpc) is 3.15. The molecule has 1 amide bonds. The Hall–Kier alpha value is -1.46. The summed E-state index contributed by atoms with van der Waals surface area (Å²) in [6, 6.07) is 6.43. The van der Waals surface area contributed by atoms with E-state index in [4.69, 9.17) is 9.47 Å². The molecule has 24 heavy (non-hydrogen) atoms. The van der Waals surface area contributed by atoms with Crippen LogP contribution in [0.3, 0.4) is 0 Å². The smallest absolute Gasteiger partial charge is 0.228 e. The first-order valence-corrected chi connectivity index (χ1v) is 8.91. The third kappa shape index (κ3) is 4.77. The van der Waals surface area contributed by atoms with E-state index in [2.05, 4.69) is 0 Å². The lowest BCUT2D eigenvalue weighted by molar-refractivity contribution is -0.137. The third-order valence-electron chi connectivity index (χ3n) is 5.06. The molecule has 1 aromatic rings. The van der Waals surface area contributed by atoms with Gasteiger partial charge >= 0.3 is 0 Å². The Labute approximate surface area is 142 Å². The zero-order chi connectivity index (χ0) is 16.8. The van der Waals surface area contributed by atoms with Gasteiger partial charge in [-0.3, -0.25) is 4.79 Å². The van der Waals surface area contributed by atoms with Crippen LogP contribution >= 0.6 is 0 Å². The highest BCUT2D eigenvalue weighted by Crippen LogP contribution is 2.24. The van der Waals surface area contributed by atoms with Crippen molar-refractivity contribution in [3.8, 4) is 0 Å². The number of hydrogen-bond acceptors (Lipinski definition) is 3. The molecule has 1 aromatic carbocycles. The number of amides is 1.